The van der Waals surface area contributed by atoms with Gasteiger partial charge in [-0.3, -0.25) is 0 Å². The highest BCUT2D eigenvalue weighted by atomic mass is 79.9. The van der Waals surface area contributed by atoms with Gasteiger partial charge in [0.25, 0.3) is 0 Å². The van der Waals surface area contributed by atoms with E-state index in [1.807, 2.05) is 0 Å². The molecular formula is C7H15BrMg. The van der Waals surface area contributed by atoms with Crippen LogP contribution in [0.1, 0.15) is 39.0 Å². The Hall–Kier alpha value is 1.25. The summed E-state index contributed by atoms with van der Waals surface area (Å²) in [7, 11) is 0. The van der Waals surface area contributed by atoms with Gasteiger partial charge in [0.05, 0.1) is 0 Å². The first-order valence-corrected chi connectivity index (χ1v) is 4.19. The number of hydrogen-bond donors (Lipinski definition) is 0. The molecule has 1 saturated carbocycles. The van der Waals surface area contributed by atoms with Crippen molar-refractivity contribution >= 4 is 39.0 Å². The van der Waals surface area contributed by atoms with Crippen LogP contribution >= 0.6 is 15.9 Å². The largest absolute Gasteiger partial charge is 0.316 e. The van der Waals surface area contributed by atoms with E-state index in [0.717, 1.165) is 0 Å². The van der Waals surface area contributed by atoms with Gasteiger partial charge in [0.2, 0.25) is 0 Å². The topological polar surface area (TPSA) is 0 Å². The van der Waals surface area contributed by atoms with Crippen LogP contribution in [-0.4, -0.2) is 27.4 Å². The molecule has 0 aromatic heterocycles. The van der Waals surface area contributed by atoms with Gasteiger partial charge in [0, 0.05) is 4.32 Å². The molecule has 1 rings (SSSR count). The molecular weight excluding hydrogens is 188 g/mol. The molecule has 0 nitrogen and oxygen atoms in total. The quantitative estimate of drug-likeness (QED) is 0.418. The molecule has 1 aliphatic rings. The maximum atomic E-state index is 3.69. The van der Waals surface area contributed by atoms with Crippen LogP contribution < -0.4 is 0 Å². The molecule has 9 heavy (non-hydrogen) atoms. The minimum absolute atomic E-state index is 0. The zero-order valence-corrected chi connectivity index (χ0v) is 7.00. The molecule has 0 amide bonds. The Bertz CT molecular complexity index is 73.0. The van der Waals surface area contributed by atoms with Crippen molar-refractivity contribution in [2.75, 3.05) is 0 Å². The van der Waals surface area contributed by atoms with Crippen LogP contribution in [0.25, 0.3) is 0 Å². The summed E-state index contributed by atoms with van der Waals surface area (Å²) in [6.45, 7) is 2.30. The fourth-order valence-electron chi connectivity index (χ4n) is 1.29. The van der Waals surface area contributed by atoms with Gasteiger partial charge >= 0.3 is 23.1 Å². The van der Waals surface area contributed by atoms with Gasteiger partial charge in [-0.1, -0.05) is 35.2 Å². The second kappa shape index (κ2) is 4.19. The van der Waals surface area contributed by atoms with Crippen molar-refractivity contribution in [2.45, 2.75) is 43.4 Å². The minimum Gasteiger partial charge on any atom is -0.0856 e. The molecule has 2 heteroatoms. The van der Waals surface area contributed by atoms with Crippen molar-refractivity contribution in [1.29, 1.82) is 0 Å². The molecule has 0 unspecified atom stereocenters. The lowest BCUT2D eigenvalue weighted by Gasteiger charge is -2.26. The molecule has 0 atom stereocenters. The number of rotatable bonds is 0. The molecule has 1 fully saturated rings. The highest BCUT2D eigenvalue weighted by molar-refractivity contribution is 9.10. The third-order valence-corrected chi connectivity index (χ3v) is 2.69. The van der Waals surface area contributed by atoms with Gasteiger partial charge < -0.3 is 0 Å². The van der Waals surface area contributed by atoms with Crippen LogP contribution in [-0.2, 0) is 0 Å². The monoisotopic (exact) mass is 202 g/mol. The van der Waals surface area contributed by atoms with E-state index in [1.165, 1.54) is 32.1 Å². The third-order valence-electron chi connectivity index (χ3n) is 1.90. The molecule has 0 spiro atoms. The van der Waals surface area contributed by atoms with E-state index in [9.17, 15) is 0 Å². The average Bonchev–Trinajstić information content (AvgIpc) is 1.65. The Morgan fingerprint density at radius 3 is 1.78 bits per heavy atom. The predicted molar refractivity (Wildman–Crippen MR) is 49.0 cm³/mol. The summed E-state index contributed by atoms with van der Waals surface area (Å²) >= 11 is 3.69. The van der Waals surface area contributed by atoms with E-state index >= 15 is 0 Å². The Morgan fingerprint density at radius 1 is 1.11 bits per heavy atom. The summed E-state index contributed by atoms with van der Waals surface area (Å²) in [5.74, 6) is 0. The lowest BCUT2D eigenvalue weighted by Crippen LogP contribution is -2.18. The van der Waals surface area contributed by atoms with Gasteiger partial charge in [-0.15, -0.1) is 0 Å². The Labute approximate surface area is 82.1 Å². The van der Waals surface area contributed by atoms with Gasteiger partial charge in [-0.05, 0) is 19.8 Å². The second-order valence-electron chi connectivity index (χ2n) is 2.97. The average molecular weight is 203 g/mol. The lowest BCUT2D eigenvalue weighted by atomic mass is 9.91. The SMILES string of the molecule is CC1(Br)CCCCC1.[MgH2]. The van der Waals surface area contributed by atoms with Crippen LogP contribution in [0.5, 0.6) is 0 Å². The van der Waals surface area contributed by atoms with Crippen LogP contribution in [0.3, 0.4) is 0 Å². The zero-order chi connectivity index (χ0) is 6.04. The molecule has 0 saturated heterocycles. The minimum atomic E-state index is 0. The highest BCUT2D eigenvalue weighted by Crippen LogP contribution is 2.34. The summed E-state index contributed by atoms with van der Waals surface area (Å²) in [4.78, 5) is 0. The van der Waals surface area contributed by atoms with Gasteiger partial charge in [0.1, 0.15) is 0 Å². The van der Waals surface area contributed by atoms with E-state index in [-0.39, 0.29) is 23.1 Å². The summed E-state index contributed by atoms with van der Waals surface area (Å²) in [6, 6.07) is 0. The summed E-state index contributed by atoms with van der Waals surface area (Å²) in [6.07, 6.45) is 7.02. The molecule has 0 aromatic carbocycles. The number of alkyl halides is 1. The fourth-order valence-corrected chi connectivity index (χ4v) is 1.85. The highest BCUT2D eigenvalue weighted by Gasteiger charge is 2.22. The second-order valence-corrected chi connectivity index (χ2v) is 4.89. The van der Waals surface area contributed by atoms with Gasteiger partial charge in [-0.2, -0.15) is 0 Å². The Morgan fingerprint density at radius 2 is 1.56 bits per heavy atom. The lowest BCUT2D eigenvalue weighted by molar-refractivity contribution is 0.430. The van der Waals surface area contributed by atoms with Crippen LogP contribution in [0.15, 0.2) is 0 Å². The predicted octanol–water partition coefficient (Wildman–Crippen LogP) is 2.19. The Kier molecular flexibility index (Phi) is 4.77. The maximum absolute atomic E-state index is 3.69. The van der Waals surface area contributed by atoms with E-state index in [1.54, 1.807) is 0 Å². The third kappa shape index (κ3) is 3.84. The molecule has 0 radical (unpaired) electrons. The Balaban J connectivity index is 0.000000640. The standard InChI is InChI=1S/C7H13Br.Mg.2H/c1-7(8)5-3-2-4-6-7;;;/h2-6H2,1H3;;;. The molecule has 0 heterocycles. The molecule has 0 aromatic rings. The normalized spacial score (nSPS) is 24.7. The number of halogens is 1. The van der Waals surface area contributed by atoms with Crippen LogP contribution in [0, 0.1) is 0 Å². The molecule has 0 aliphatic heterocycles. The molecule has 52 valence electrons. The van der Waals surface area contributed by atoms with Crippen molar-refractivity contribution in [3.05, 3.63) is 0 Å². The van der Waals surface area contributed by atoms with Gasteiger partial charge in [-0.25, -0.2) is 0 Å². The first kappa shape index (κ1) is 10.2. The zero-order valence-electron chi connectivity index (χ0n) is 5.41. The first-order chi connectivity index (χ1) is 3.71. The van der Waals surface area contributed by atoms with E-state index < -0.39 is 0 Å². The fraction of sp³-hybridized carbons (Fsp3) is 1.00. The van der Waals surface area contributed by atoms with Crippen LogP contribution in [0.4, 0.5) is 0 Å². The van der Waals surface area contributed by atoms with Crippen LogP contribution in [0.2, 0.25) is 0 Å². The molecule has 1 aliphatic carbocycles. The first-order valence-electron chi connectivity index (χ1n) is 3.40. The van der Waals surface area contributed by atoms with Gasteiger partial charge in [0.15, 0.2) is 0 Å². The summed E-state index contributed by atoms with van der Waals surface area (Å²) < 4.78 is 0.491. The van der Waals surface area contributed by atoms with E-state index in [2.05, 4.69) is 22.9 Å². The molecule has 0 bridgehead atoms. The van der Waals surface area contributed by atoms with Crippen molar-refractivity contribution < 1.29 is 0 Å². The van der Waals surface area contributed by atoms with Crippen molar-refractivity contribution in [2.24, 2.45) is 0 Å². The summed E-state index contributed by atoms with van der Waals surface area (Å²) in [5.41, 5.74) is 0. The smallest absolute Gasteiger partial charge is 0.0856 e. The van der Waals surface area contributed by atoms with E-state index in [0.29, 0.717) is 4.32 Å². The van der Waals surface area contributed by atoms with Crippen molar-refractivity contribution in [1.82, 2.24) is 0 Å². The van der Waals surface area contributed by atoms with Crippen molar-refractivity contribution in [3.63, 3.8) is 0 Å². The van der Waals surface area contributed by atoms with Crippen molar-refractivity contribution in [3.8, 4) is 0 Å². The summed E-state index contributed by atoms with van der Waals surface area (Å²) in [5, 5.41) is 0. The molecule has 0 N–H and O–H groups in total. The van der Waals surface area contributed by atoms with E-state index in [4.69, 9.17) is 0 Å². The number of hydrogen-bond acceptors (Lipinski definition) is 0. The maximum Gasteiger partial charge on any atom is 0.316 e.